The summed E-state index contributed by atoms with van der Waals surface area (Å²) in [7, 11) is 0. The number of anilines is 2. The molecule has 118 valence electrons. The van der Waals surface area contributed by atoms with Gasteiger partial charge in [-0.25, -0.2) is 14.8 Å². The first-order chi connectivity index (χ1) is 11.1. The Morgan fingerprint density at radius 3 is 2.87 bits per heavy atom. The molecule has 6 nitrogen and oxygen atoms in total. The number of amides is 2. The Morgan fingerprint density at radius 1 is 1.30 bits per heavy atom. The van der Waals surface area contributed by atoms with Crippen molar-refractivity contribution in [1.82, 2.24) is 9.97 Å². The Hall–Kier alpha value is -2.41. The van der Waals surface area contributed by atoms with Crippen LogP contribution >= 0.6 is 15.9 Å². The first kappa shape index (κ1) is 15.5. The first-order valence-corrected chi connectivity index (χ1v) is 7.88. The fourth-order valence-electron chi connectivity index (χ4n) is 2.35. The van der Waals surface area contributed by atoms with Gasteiger partial charge in [-0.2, -0.15) is 0 Å². The van der Waals surface area contributed by atoms with Crippen molar-refractivity contribution < 1.29 is 9.53 Å². The van der Waals surface area contributed by atoms with E-state index in [4.69, 9.17) is 4.74 Å². The van der Waals surface area contributed by atoms with Gasteiger partial charge >= 0.3 is 6.03 Å². The number of nitrogens with zero attached hydrogens (tertiary/aromatic N) is 2. The third kappa shape index (κ3) is 3.68. The summed E-state index contributed by atoms with van der Waals surface area (Å²) in [5.41, 5.74) is 2.15. The molecule has 1 aliphatic heterocycles. The third-order valence-electron chi connectivity index (χ3n) is 3.39. The number of rotatable bonds is 2. The van der Waals surface area contributed by atoms with E-state index in [2.05, 4.69) is 49.5 Å². The van der Waals surface area contributed by atoms with Crippen LogP contribution in [-0.4, -0.2) is 22.6 Å². The first-order valence-electron chi connectivity index (χ1n) is 7.09. The van der Waals surface area contributed by atoms with Crippen LogP contribution in [0.25, 0.3) is 0 Å². The average molecular weight is 375 g/mol. The zero-order valence-electron chi connectivity index (χ0n) is 12.4. The minimum Gasteiger partial charge on any atom is -0.487 e. The molecule has 1 atom stereocenters. The van der Waals surface area contributed by atoms with Gasteiger partial charge in [0.1, 0.15) is 18.7 Å². The number of hydrogen-bond donors (Lipinski definition) is 2. The molecule has 0 saturated heterocycles. The van der Waals surface area contributed by atoms with Crippen molar-refractivity contribution in [3.63, 3.8) is 0 Å². The molecular weight excluding hydrogens is 360 g/mol. The molecule has 0 fully saturated rings. The number of allylic oxidation sites excluding steroid dienone is 1. The molecule has 23 heavy (non-hydrogen) atoms. The minimum atomic E-state index is -0.381. The summed E-state index contributed by atoms with van der Waals surface area (Å²) in [6.07, 6.45) is 8.51. The maximum absolute atomic E-state index is 12.2. The number of carbonyl (C=O) groups excluding carboxylic acids is 1. The molecule has 1 aromatic carbocycles. The predicted molar refractivity (Wildman–Crippen MR) is 91.9 cm³/mol. The molecule has 1 aliphatic rings. The molecule has 2 amide bonds. The standard InChI is InChI=1S/C16H15BrN4O2/c1-10-3-2-4-23-15-13(10)5-11(17)6-14(15)21-16(22)20-12-7-18-9-19-8-12/h2-3,5-10H,4H2,1H3,(H2,20,21,22). The molecule has 0 spiro atoms. The maximum atomic E-state index is 12.2. The summed E-state index contributed by atoms with van der Waals surface area (Å²) in [6.45, 7) is 2.56. The van der Waals surface area contributed by atoms with Crippen molar-refractivity contribution in [2.75, 3.05) is 17.2 Å². The second-order valence-corrected chi connectivity index (χ2v) is 6.02. The fourth-order valence-corrected chi connectivity index (χ4v) is 2.83. The lowest BCUT2D eigenvalue weighted by Crippen LogP contribution is -2.20. The van der Waals surface area contributed by atoms with Crippen LogP contribution in [0.3, 0.4) is 0 Å². The van der Waals surface area contributed by atoms with E-state index in [9.17, 15) is 4.79 Å². The molecule has 0 saturated carbocycles. The summed E-state index contributed by atoms with van der Waals surface area (Å²) in [4.78, 5) is 19.9. The predicted octanol–water partition coefficient (Wildman–Crippen LogP) is 3.94. The number of benzene rings is 1. The monoisotopic (exact) mass is 374 g/mol. The van der Waals surface area contributed by atoms with Crippen LogP contribution in [0.2, 0.25) is 0 Å². The smallest absolute Gasteiger partial charge is 0.323 e. The van der Waals surface area contributed by atoms with Crippen molar-refractivity contribution >= 4 is 33.3 Å². The second kappa shape index (κ2) is 6.78. The molecule has 2 heterocycles. The number of urea groups is 1. The molecular formula is C16H15BrN4O2. The topological polar surface area (TPSA) is 76.1 Å². The van der Waals surface area contributed by atoms with E-state index in [1.165, 1.54) is 18.7 Å². The number of ether oxygens (including phenoxy) is 1. The molecule has 7 heteroatoms. The summed E-state index contributed by atoms with van der Waals surface area (Å²) >= 11 is 3.48. The molecule has 1 aromatic heterocycles. The highest BCUT2D eigenvalue weighted by Crippen LogP contribution is 2.39. The highest BCUT2D eigenvalue weighted by molar-refractivity contribution is 9.10. The van der Waals surface area contributed by atoms with E-state index in [1.807, 2.05) is 18.2 Å². The van der Waals surface area contributed by atoms with Gasteiger partial charge in [-0.3, -0.25) is 0 Å². The van der Waals surface area contributed by atoms with Gasteiger partial charge in [0.2, 0.25) is 0 Å². The van der Waals surface area contributed by atoms with E-state index in [-0.39, 0.29) is 11.9 Å². The highest BCUT2D eigenvalue weighted by atomic mass is 79.9. The summed E-state index contributed by atoms with van der Waals surface area (Å²) in [6, 6.07) is 3.44. The van der Waals surface area contributed by atoms with Crippen molar-refractivity contribution in [1.29, 1.82) is 0 Å². The third-order valence-corrected chi connectivity index (χ3v) is 3.85. The van der Waals surface area contributed by atoms with Gasteiger partial charge in [-0.1, -0.05) is 35.0 Å². The largest absolute Gasteiger partial charge is 0.487 e. The Bertz CT molecular complexity index is 749. The molecule has 1 unspecified atom stereocenters. The molecule has 3 rings (SSSR count). The maximum Gasteiger partial charge on any atom is 0.323 e. The van der Waals surface area contributed by atoms with Crippen LogP contribution in [0.5, 0.6) is 5.75 Å². The lowest BCUT2D eigenvalue weighted by molar-refractivity contribution is 0.262. The fraction of sp³-hybridized carbons (Fsp3) is 0.188. The summed E-state index contributed by atoms with van der Waals surface area (Å²) in [5, 5.41) is 5.50. The molecule has 0 radical (unpaired) electrons. The van der Waals surface area contributed by atoms with E-state index in [1.54, 1.807) is 0 Å². The van der Waals surface area contributed by atoms with Crippen molar-refractivity contribution in [2.45, 2.75) is 12.8 Å². The van der Waals surface area contributed by atoms with Crippen molar-refractivity contribution in [3.05, 3.63) is 53.0 Å². The number of carbonyl (C=O) groups is 1. The van der Waals surface area contributed by atoms with Gasteiger partial charge in [-0.05, 0) is 12.1 Å². The quantitative estimate of drug-likeness (QED) is 0.780. The van der Waals surface area contributed by atoms with Crippen LogP contribution in [-0.2, 0) is 0 Å². The van der Waals surface area contributed by atoms with Gasteiger partial charge in [0.25, 0.3) is 0 Å². The SMILES string of the molecule is CC1C=CCOc2c(NC(=O)Nc3cncnc3)cc(Br)cc21. The van der Waals surface area contributed by atoms with E-state index < -0.39 is 0 Å². The van der Waals surface area contributed by atoms with Gasteiger partial charge in [0, 0.05) is 16.0 Å². The minimum absolute atomic E-state index is 0.205. The zero-order valence-corrected chi connectivity index (χ0v) is 14.0. The highest BCUT2D eigenvalue weighted by Gasteiger charge is 2.19. The average Bonchev–Trinajstić information content (AvgIpc) is 2.70. The van der Waals surface area contributed by atoms with E-state index in [0.717, 1.165) is 10.0 Å². The van der Waals surface area contributed by atoms with Crippen LogP contribution in [0.15, 0.2) is 47.5 Å². The second-order valence-electron chi connectivity index (χ2n) is 5.11. The molecule has 0 aliphatic carbocycles. The Kier molecular flexibility index (Phi) is 4.57. The Morgan fingerprint density at radius 2 is 2.09 bits per heavy atom. The number of hydrogen-bond acceptors (Lipinski definition) is 4. The van der Waals surface area contributed by atoms with Gasteiger partial charge in [-0.15, -0.1) is 0 Å². The number of nitrogens with one attached hydrogen (secondary N) is 2. The van der Waals surface area contributed by atoms with Crippen LogP contribution in [0.1, 0.15) is 18.4 Å². The molecule has 2 N–H and O–H groups in total. The van der Waals surface area contributed by atoms with Gasteiger partial charge in [0.15, 0.2) is 0 Å². The summed E-state index contributed by atoms with van der Waals surface area (Å²) < 4.78 is 6.66. The summed E-state index contributed by atoms with van der Waals surface area (Å²) in [5.74, 6) is 0.890. The molecule has 0 bridgehead atoms. The normalized spacial score (nSPS) is 16.0. The van der Waals surface area contributed by atoms with Crippen LogP contribution < -0.4 is 15.4 Å². The lowest BCUT2D eigenvalue weighted by atomic mass is 9.99. The van der Waals surface area contributed by atoms with Gasteiger partial charge in [0.05, 0.1) is 23.8 Å². The van der Waals surface area contributed by atoms with Crippen molar-refractivity contribution in [2.24, 2.45) is 0 Å². The Balaban J connectivity index is 1.84. The lowest BCUT2D eigenvalue weighted by Gasteiger charge is -2.17. The van der Waals surface area contributed by atoms with Gasteiger partial charge < -0.3 is 15.4 Å². The van der Waals surface area contributed by atoms with E-state index >= 15 is 0 Å². The van der Waals surface area contributed by atoms with Crippen molar-refractivity contribution in [3.8, 4) is 5.75 Å². The number of fused-ring (bicyclic) bond motifs is 1. The molecule has 2 aromatic rings. The Labute approximate surface area is 142 Å². The van der Waals surface area contributed by atoms with Crippen LogP contribution in [0.4, 0.5) is 16.2 Å². The van der Waals surface area contributed by atoms with E-state index in [0.29, 0.717) is 23.7 Å². The van der Waals surface area contributed by atoms with Crippen LogP contribution in [0, 0.1) is 0 Å². The number of aromatic nitrogens is 2. The zero-order chi connectivity index (χ0) is 16.2. The number of halogens is 1.